The third-order valence-corrected chi connectivity index (χ3v) is 2.43. The van der Waals surface area contributed by atoms with Crippen LogP contribution in [0.2, 0.25) is 0 Å². The molecule has 0 aliphatic rings. The molecule has 0 saturated carbocycles. The van der Waals surface area contributed by atoms with Crippen molar-refractivity contribution < 1.29 is 9.53 Å². The lowest BCUT2D eigenvalue weighted by Crippen LogP contribution is -2.31. The quantitative estimate of drug-likeness (QED) is 0.503. The molecule has 0 aromatic carbocycles. The van der Waals surface area contributed by atoms with E-state index in [9.17, 15) is 4.79 Å². The Labute approximate surface area is 104 Å². The summed E-state index contributed by atoms with van der Waals surface area (Å²) >= 11 is 0. The minimum Gasteiger partial charge on any atom is -0.492 e. The molecular formula is C14H23NO2. The summed E-state index contributed by atoms with van der Waals surface area (Å²) < 4.78 is 5.59. The van der Waals surface area contributed by atoms with Crippen LogP contribution >= 0.6 is 0 Å². The van der Waals surface area contributed by atoms with Crippen molar-refractivity contribution >= 4 is 5.91 Å². The average molecular weight is 237 g/mol. The molecule has 0 heterocycles. The van der Waals surface area contributed by atoms with E-state index in [0.717, 1.165) is 11.3 Å². The van der Waals surface area contributed by atoms with Crippen LogP contribution in [0.15, 0.2) is 36.1 Å². The molecule has 0 spiro atoms. The summed E-state index contributed by atoms with van der Waals surface area (Å²) in [6, 6.07) is 0. The number of carbonyl (C=O) groups excluding carboxylic acids is 1. The van der Waals surface area contributed by atoms with Crippen molar-refractivity contribution in [2.24, 2.45) is 0 Å². The van der Waals surface area contributed by atoms with Crippen LogP contribution in [0.5, 0.6) is 0 Å². The minimum absolute atomic E-state index is 0.0796. The van der Waals surface area contributed by atoms with Crippen molar-refractivity contribution in [1.82, 2.24) is 4.90 Å². The summed E-state index contributed by atoms with van der Waals surface area (Å²) in [5, 5.41) is 0. The first-order chi connectivity index (χ1) is 8.04. The molecule has 0 bridgehead atoms. The van der Waals surface area contributed by atoms with Crippen LogP contribution in [0.25, 0.3) is 0 Å². The van der Waals surface area contributed by atoms with Crippen LogP contribution in [-0.2, 0) is 9.53 Å². The summed E-state index contributed by atoms with van der Waals surface area (Å²) in [7, 11) is 0. The van der Waals surface area contributed by atoms with E-state index >= 15 is 0 Å². The maximum absolute atomic E-state index is 11.2. The van der Waals surface area contributed by atoms with Gasteiger partial charge in [0.2, 0.25) is 5.91 Å². The number of hydrogen-bond acceptors (Lipinski definition) is 2. The average Bonchev–Trinajstić information content (AvgIpc) is 2.32. The van der Waals surface area contributed by atoms with Crippen molar-refractivity contribution in [3.63, 3.8) is 0 Å². The predicted octanol–water partition coefficient (Wildman–Crippen LogP) is 2.91. The van der Waals surface area contributed by atoms with Crippen LogP contribution in [0, 0.1) is 0 Å². The fourth-order valence-electron chi connectivity index (χ4n) is 1.30. The predicted molar refractivity (Wildman–Crippen MR) is 71.6 cm³/mol. The number of likely N-dealkylation sites (N-methyl/N-ethyl adjacent to an activating group) is 1. The maximum Gasteiger partial charge on any atom is 0.219 e. The Morgan fingerprint density at radius 2 is 2.06 bits per heavy atom. The molecule has 0 atom stereocenters. The van der Waals surface area contributed by atoms with Gasteiger partial charge in [0.15, 0.2) is 0 Å². The topological polar surface area (TPSA) is 29.5 Å². The molecular weight excluding hydrogens is 214 g/mol. The SMILES string of the molecule is C=C/C(C)=C\C(=C/C)OCCN(CC)C(C)=O. The molecule has 0 aliphatic carbocycles. The van der Waals surface area contributed by atoms with Gasteiger partial charge in [0, 0.05) is 13.5 Å². The molecule has 0 unspecified atom stereocenters. The zero-order valence-electron chi connectivity index (χ0n) is 11.3. The van der Waals surface area contributed by atoms with E-state index in [4.69, 9.17) is 4.74 Å². The van der Waals surface area contributed by atoms with Gasteiger partial charge < -0.3 is 9.64 Å². The Balaban J connectivity index is 4.18. The van der Waals surface area contributed by atoms with Gasteiger partial charge in [0.1, 0.15) is 12.4 Å². The summed E-state index contributed by atoms with van der Waals surface area (Å²) in [5.41, 5.74) is 1.05. The lowest BCUT2D eigenvalue weighted by atomic mass is 10.2. The first kappa shape index (κ1) is 15.5. The van der Waals surface area contributed by atoms with Crippen LogP contribution in [0.1, 0.15) is 27.7 Å². The van der Waals surface area contributed by atoms with Crippen LogP contribution in [0.3, 0.4) is 0 Å². The highest BCUT2D eigenvalue weighted by atomic mass is 16.5. The molecule has 0 saturated heterocycles. The van der Waals surface area contributed by atoms with Gasteiger partial charge in [-0.25, -0.2) is 0 Å². The van der Waals surface area contributed by atoms with Gasteiger partial charge in [-0.15, -0.1) is 0 Å². The van der Waals surface area contributed by atoms with Crippen molar-refractivity contribution in [3.8, 4) is 0 Å². The molecule has 0 aromatic heterocycles. The zero-order chi connectivity index (χ0) is 13.3. The van der Waals surface area contributed by atoms with E-state index in [2.05, 4.69) is 6.58 Å². The summed E-state index contributed by atoms with van der Waals surface area (Å²) in [4.78, 5) is 12.9. The Morgan fingerprint density at radius 3 is 2.47 bits per heavy atom. The monoisotopic (exact) mass is 237 g/mol. The first-order valence-corrected chi connectivity index (χ1v) is 5.90. The first-order valence-electron chi connectivity index (χ1n) is 5.90. The Hall–Kier alpha value is -1.51. The number of amides is 1. The van der Waals surface area contributed by atoms with Gasteiger partial charge in [-0.1, -0.05) is 12.7 Å². The molecule has 0 N–H and O–H groups in total. The highest BCUT2D eigenvalue weighted by molar-refractivity contribution is 5.73. The van der Waals surface area contributed by atoms with E-state index in [1.54, 1.807) is 17.9 Å². The van der Waals surface area contributed by atoms with Gasteiger partial charge in [0.05, 0.1) is 6.54 Å². The smallest absolute Gasteiger partial charge is 0.219 e. The molecule has 0 fully saturated rings. The molecule has 96 valence electrons. The minimum atomic E-state index is 0.0796. The van der Waals surface area contributed by atoms with Gasteiger partial charge in [-0.2, -0.15) is 0 Å². The van der Waals surface area contributed by atoms with E-state index in [-0.39, 0.29) is 5.91 Å². The number of carbonyl (C=O) groups is 1. The van der Waals surface area contributed by atoms with E-state index in [1.165, 1.54) is 0 Å². The van der Waals surface area contributed by atoms with Gasteiger partial charge in [-0.05, 0) is 38.5 Å². The molecule has 17 heavy (non-hydrogen) atoms. The van der Waals surface area contributed by atoms with Crippen molar-refractivity contribution in [3.05, 3.63) is 36.1 Å². The Morgan fingerprint density at radius 1 is 1.41 bits per heavy atom. The molecule has 0 aliphatic heterocycles. The molecule has 3 heteroatoms. The second kappa shape index (κ2) is 8.62. The molecule has 3 nitrogen and oxygen atoms in total. The van der Waals surface area contributed by atoms with E-state index < -0.39 is 0 Å². The van der Waals surface area contributed by atoms with E-state index in [0.29, 0.717) is 19.7 Å². The number of rotatable bonds is 7. The van der Waals surface area contributed by atoms with E-state index in [1.807, 2.05) is 32.9 Å². The third kappa shape index (κ3) is 6.61. The standard InChI is InChI=1S/C14H23NO2/c1-6-12(4)11-14(7-2)17-10-9-15(8-3)13(5)16/h6-7,11H,1,8-10H2,2-5H3/b12-11-,14-7+. The lowest BCUT2D eigenvalue weighted by Gasteiger charge is -2.19. The summed E-state index contributed by atoms with van der Waals surface area (Å²) in [5.74, 6) is 0.887. The second-order valence-corrected chi connectivity index (χ2v) is 3.73. The van der Waals surface area contributed by atoms with Gasteiger partial charge in [-0.3, -0.25) is 4.79 Å². The number of ether oxygens (including phenoxy) is 1. The van der Waals surface area contributed by atoms with Gasteiger partial charge in [0.25, 0.3) is 0 Å². The summed E-state index contributed by atoms with van der Waals surface area (Å²) in [6.07, 6.45) is 5.61. The van der Waals surface area contributed by atoms with Crippen LogP contribution in [0.4, 0.5) is 0 Å². The zero-order valence-corrected chi connectivity index (χ0v) is 11.3. The Kier molecular flexibility index (Phi) is 7.85. The maximum atomic E-state index is 11.2. The van der Waals surface area contributed by atoms with Crippen molar-refractivity contribution in [1.29, 1.82) is 0 Å². The normalized spacial score (nSPS) is 12.2. The van der Waals surface area contributed by atoms with Gasteiger partial charge >= 0.3 is 0 Å². The van der Waals surface area contributed by atoms with Crippen molar-refractivity contribution in [2.45, 2.75) is 27.7 Å². The lowest BCUT2D eigenvalue weighted by molar-refractivity contribution is -0.129. The number of hydrogen-bond donors (Lipinski definition) is 0. The highest BCUT2D eigenvalue weighted by Gasteiger charge is 2.05. The second-order valence-electron chi connectivity index (χ2n) is 3.73. The fourth-order valence-corrected chi connectivity index (χ4v) is 1.30. The third-order valence-electron chi connectivity index (χ3n) is 2.43. The molecule has 0 aromatic rings. The highest BCUT2D eigenvalue weighted by Crippen LogP contribution is 2.05. The number of allylic oxidation sites excluding steroid dienone is 4. The number of nitrogens with zero attached hydrogens (tertiary/aromatic N) is 1. The molecule has 1 amide bonds. The van der Waals surface area contributed by atoms with Crippen molar-refractivity contribution in [2.75, 3.05) is 19.7 Å². The summed E-state index contributed by atoms with van der Waals surface area (Å²) in [6.45, 7) is 12.9. The fraction of sp³-hybridized carbons (Fsp3) is 0.500. The van der Waals surface area contributed by atoms with Crippen LogP contribution in [-0.4, -0.2) is 30.5 Å². The Bertz CT molecular complexity index is 316. The molecule has 0 radical (unpaired) electrons. The molecule has 0 rings (SSSR count). The van der Waals surface area contributed by atoms with Crippen LogP contribution < -0.4 is 0 Å². The largest absolute Gasteiger partial charge is 0.492 e.